The second-order valence-corrected chi connectivity index (χ2v) is 7.69. The van der Waals surface area contributed by atoms with Gasteiger partial charge in [-0.1, -0.05) is 36.4 Å². The molecule has 0 bridgehead atoms. The van der Waals surface area contributed by atoms with E-state index in [1.807, 2.05) is 31.2 Å². The molecule has 0 aliphatic heterocycles. The monoisotopic (exact) mass is 438 g/mol. The van der Waals surface area contributed by atoms with E-state index < -0.39 is 11.9 Å². The van der Waals surface area contributed by atoms with Gasteiger partial charge in [-0.15, -0.1) is 11.3 Å². The number of hydrogen-bond donors (Lipinski definition) is 2. The normalized spacial score (nSPS) is 10.3. The molecule has 0 atom stereocenters. The van der Waals surface area contributed by atoms with Gasteiger partial charge in [0, 0.05) is 5.69 Å². The maximum absolute atomic E-state index is 12.9. The minimum Gasteiger partial charge on any atom is -0.484 e. The summed E-state index contributed by atoms with van der Waals surface area (Å²) in [5.74, 6) is -0.918. The Balaban J connectivity index is 1.81. The van der Waals surface area contributed by atoms with Gasteiger partial charge in [-0.05, 0) is 43.2 Å². The molecule has 2 aromatic carbocycles. The fraction of sp³-hybridized carbons (Fsp3) is 0.174. The fourth-order valence-corrected chi connectivity index (χ4v) is 3.99. The molecule has 2 amide bonds. The van der Waals surface area contributed by atoms with Gasteiger partial charge in [-0.3, -0.25) is 9.59 Å². The molecule has 0 unspecified atom stereocenters. The van der Waals surface area contributed by atoms with E-state index in [1.165, 1.54) is 7.11 Å². The van der Waals surface area contributed by atoms with Crippen molar-refractivity contribution in [1.82, 2.24) is 0 Å². The zero-order chi connectivity index (χ0) is 22.4. The standard InChI is InChI=1S/C23H22N2O5S/c1-14-9-7-8-12-17(14)24-21(27)20-15(2)19(23(28)29-3)22(31-20)25-18(26)13-30-16-10-5-4-6-11-16/h4-12H,13H2,1-3H3,(H,24,27)(H,25,26). The Morgan fingerprint density at radius 1 is 0.935 bits per heavy atom. The first-order chi connectivity index (χ1) is 14.9. The molecule has 0 fully saturated rings. The van der Waals surface area contributed by atoms with Crippen LogP contribution in [0.5, 0.6) is 5.75 Å². The number of amides is 2. The van der Waals surface area contributed by atoms with Crippen molar-refractivity contribution in [2.24, 2.45) is 0 Å². The molecule has 3 rings (SSSR count). The van der Waals surface area contributed by atoms with Crippen LogP contribution in [0.25, 0.3) is 0 Å². The number of esters is 1. The average molecular weight is 439 g/mol. The van der Waals surface area contributed by atoms with E-state index in [1.54, 1.807) is 37.3 Å². The highest BCUT2D eigenvalue weighted by molar-refractivity contribution is 7.19. The van der Waals surface area contributed by atoms with E-state index >= 15 is 0 Å². The first-order valence-electron chi connectivity index (χ1n) is 9.47. The summed E-state index contributed by atoms with van der Waals surface area (Å²) in [6.07, 6.45) is 0. The molecule has 0 saturated carbocycles. The predicted molar refractivity (Wildman–Crippen MR) is 120 cm³/mol. The molecule has 31 heavy (non-hydrogen) atoms. The van der Waals surface area contributed by atoms with Crippen LogP contribution in [0, 0.1) is 13.8 Å². The second-order valence-electron chi connectivity index (χ2n) is 6.67. The maximum Gasteiger partial charge on any atom is 0.341 e. The Kier molecular flexibility index (Phi) is 7.04. The van der Waals surface area contributed by atoms with Gasteiger partial charge in [0.25, 0.3) is 11.8 Å². The maximum atomic E-state index is 12.9. The number of carbonyl (C=O) groups excluding carboxylic acids is 3. The number of rotatable bonds is 7. The van der Waals surface area contributed by atoms with Crippen LogP contribution in [0.15, 0.2) is 54.6 Å². The molecule has 0 saturated heterocycles. The average Bonchev–Trinajstić information content (AvgIpc) is 3.09. The number of hydrogen-bond acceptors (Lipinski definition) is 6. The number of para-hydroxylation sites is 2. The van der Waals surface area contributed by atoms with Crippen LogP contribution in [0.1, 0.15) is 31.2 Å². The number of benzene rings is 2. The van der Waals surface area contributed by atoms with Gasteiger partial charge in [-0.2, -0.15) is 0 Å². The van der Waals surface area contributed by atoms with Crippen LogP contribution in [0.3, 0.4) is 0 Å². The van der Waals surface area contributed by atoms with Gasteiger partial charge >= 0.3 is 5.97 Å². The van der Waals surface area contributed by atoms with Crippen molar-refractivity contribution in [2.45, 2.75) is 13.8 Å². The molecule has 1 aromatic heterocycles. The Bertz CT molecular complexity index is 1110. The summed E-state index contributed by atoms with van der Waals surface area (Å²) < 4.78 is 10.3. The first kappa shape index (κ1) is 22.0. The number of thiophene rings is 1. The van der Waals surface area contributed by atoms with Crippen molar-refractivity contribution in [3.63, 3.8) is 0 Å². The third kappa shape index (κ3) is 5.29. The van der Waals surface area contributed by atoms with Crippen LogP contribution >= 0.6 is 11.3 Å². The predicted octanol–water partition coefficient (Wildman–Crippen LogP) is 4.42. The van der Waals surface area contributed by atoms with Crippen molar-refractivity contribution in [3.8, 4) is 5.75 Å². The van der Waals surface area contributed by atoms with Gasteiger partial charge in [0.1, 0.15) is 10.8 Å². The molecule has 0 aliphatic rings. The molecule has 160 valence electrons. The fourth-order valence-electron chi connectivity index (χ4n) is 2.89. The van der Waals surface area contributed by atoms with Crippen LogP contribution in [-0.2, 0) is 9.53 Å². The van der Waals surface area contributed by atoms with Crippen LogP contribution in [0.2, 0.25) is 0 Å². The summed E-state index contributed by atoms with van der Waals surface area (Å²) in [7, 11) is 1.25. The van der Waals surface area contributed by atoms with Gasteiger partial charge in [0.15, 0.2) is 6.61 Å². The Labute approximate surface area is 184 Å². The lowest BCUT2D eigenvalue weighted by Gasteiger charge is -2.07. The summed E-state index contributed by atoms with van der Waals surface area (Å²) >= 11 is 1.01. The zero-order valence-corrected chi connectivity index (χ0v) is 18.2. The number of methoxy groups -OCH3 is 1. The summed E-state index contributed by atoms with van der Waals surface area (Å²) in [6, 6.07) is 16.3. The van der Waals surface area contributed by atoms with Crippen molar-refractivity contribution >= 4 is 39.8 Å². The third-order valence-corrected chi connectivity index (χ3v) is 5.71. The molecular formula is C23H22N2O5S. The van der Waals surface area contributed by atoms with Crippen LogP contribution < -0.4 is 15.4 Å². The first-order valence-corrected chi connectivity index (χ1v) is 10.3. The Hall–Kier alpha value is -3.65. The smallest absolute Gasteiger partial charge is 0.341 e. The van der Waals surface area contributed by atoms with Gasteiger partial charge in [-0.25, -0.2) is 4.79 Å². The summed E-state index contributed by atoms with van der Waals surface area (Å²) in [6.45, 7) is 3.28. The minimum atomic E-state index is -0.636. The van der Waals surface area contributed by atoms with E-state index in [0.717, 1.165) is 16.9 Å². The number of carbonyl (C=O) groups is 3. The quantitative estimate of drug-likeness (QED) is 0.533. The largest absolute Gasteiger partial charge is 0.484 e. The molecule has 0 radical (unpaired) electrons. The summed E-state index contributed by atoms with van der Waals surface area (Å²) in [5.41, 5.74) is 2.16. The van der Waals surface area contributed by atoms with E-state index in [2.05, 4.69) is 10.6 Å². The zero-order valence-electron chi connectivity index (χ0n) is 17.4. The number of ether oxygens (including phenoxy) is 2. The highest BCUT2D eigenvalue weighted by atomic mass is 32.1. The number of nitrogens with one attached hydrogen (secondary N) is 2. The van der Waals surface area contributed by atoms with Crippen molar-refractivity contribution in [3.05, 3.63) is 76.2 Å². The van der Waals surface area contributed by atoms with Crippen LogP contribution in [0.4, 0.5) is 10.7 Å². The molecule has 8 heteroatoms. The Morgan fingerprint density at radius 2 is 1.61 bits per heavy atom. The van der Waals surface area contributed by atoms with Gasteiger partial charge in [0.05, 0.1) is 17.6 Å². The van der Waals surface area contributed by atoms with E-state index in [0.29, 0.717) is 21.9 Å². The Morgan fingerprint density at radius 3 is 2.29 bits per heavy atom. The lowest BCUT2D eigenvalue weighted by Crippen LogP contribution is -2.21. The van der Waals surface area contributed by atoms with Gasteiger partial charge < -0.3 is 20.1 Å². The minimum absolute atomic E-state index is 0.149. The topological polar surface area (TPSA) is 93.7 Å². The third-order valence-electron chi connectivity index (χ3n) is 4.50. The van der Waals surface area contributed by atoms with E-state index in [9.17, 15) is 14.4 Å². The second kappa shape index (κ2) is 9.90. The summed E-state index contributed by atoms with van der Waals surface area (Å²) in [4.78, 5) is 37.9. The van der Waals surface area contributed by atoms with Gasteiger partial charge in [0.2, 0.25) is 0 Å². The van der Waals surface area contributed by atoms with Crippen molar-refractivity contribution in [2.75, 3.05) is 24.4 Å². The molecule has 3 aromatic rings. The molecule has 0 spiro atoms. The number of anilines is 2. The molecule has 1 heterocycles. The highest BCUT2D eigenvalue weighted by Gasteiger charge is 2.26. The molecule has 0 aliphatic carbocycles. The lowest BCUT2D eigenvalue weighted by molar-refractivity contribution is -0.118. The van der Waals surface area contributed by atoms with Crippen molar-refractivity contribution < 1.29 is 23.9 Å². The van der Waals surface area contributed by atoms with E-state index in [-0.39, 0.29) is 23.1 Å². The SMILES string of the molecule is COC(=O)c1c(NC(=O)COc2ccccc2)sc(C(=O)Nc2ccccc2C)c1C. The van der Waals surface area contributed by atoms with Crippen molar-refractivity contribution in [1.29, 1.82) is 0 Å². The number of aryl methyl sites for hydroxylation is 1. The van der Waals surface area contributed by atoms with E-state index in [4.69, 9.17) is 9.47 Å². The highest BCUT2D eigenvalue weighted by Crippen LogP contribution is 2.34. The lowest BCUT2D eigenvalue weighted by atomic mass is 10.1. The van der Waals surface area contributed by atoms with Crippen LogP contribution in [-0.4, -0.2) is 31.5 Å². The molecule has 2 N–H and O–H groups in total. The summed E-state index contributed by atoms with van der Waals surface area (Å²) in [5, 5.41) is 5.74. The molecular weight excluding hydrogens is 416 g/mol. The molecule has 7 nitrogen and oxygen atoms in total.